The summed E-state index contributed by atoms with van der Waals surface area (Å²) in [5.74, 6) is 1.46. The maximum Gasteiger partial charge on any atom is 0.154 e. The molecule has 0 saturated heterocycles. The van der Waals surface area contributed by atoms with Gasteiger partial charge in [-0.2, -0.15) is 0 Å². The zero-order valence-electron chi connectivity index (χ0n) is 17.5. The lowest BCUT2D eigenvalue weighted by molar-refractivity contribution is 0.425. The van der Waals surface area contributed by atoms with Crippen LogP contribution in [0, 0.1) is 0 Å². The Kier molecular flexibility index (Phi) is 6.08. The molecular formula is C24H23N7. The number of nitrogens with one attached hydrogen (secondary N) is 1. The van der Waals surface area contributed by atoms with Crippen LogP contribution in [0.15, 0.2) is 65.8 Å². The van der Waals surface area contributed by atoms with Gasteiger partial charge in [0.15, 0.2) is 5.82 Å². The van der Waals surface area contributed by atoms with Crippen molar-refractivity contribution in [1.82, 2.24) is 14.9 Å². The predicted octanol–water partition coefficient (Wildman–Crippen LogP) is 5.87. The van der Waals surface area contributed by atoms with Crippen LogP contribution in [0.2, 0.25) is 0 Å². The van der Waals surface area contributed by atoms with E-state index in [2.05, 4.69) is 58.6 Å². The van der Waals surface area contributed by atoms with Gasteiger partial charge in [0, 0.05) is 29.1 Å². The first-order chi connectivity index (χ1) is 15.1. The number of fused-ring (bicyclic) bond motifs is 2. The smallest absolute Gasteiger partial charge is 0.154 e. The third-order valence-corrected chi connectivity index (χ3v) is 4.91. The van der Waals surface area contributed by atoms with Gasteiger partial charge in [-0.15, -0.1) is 0 Å². The molecule has 1 heterocycles. The summed E-state index contributed by atoms with van der Waals surface area (Å²) in [6, 6.07) is 19.9. The minimum absolute atomic E-state index is 0.584. The molecular weight excluding hydrogens is 386 g/mol. The van der Waals surface area contributed by atoms with Crippen molar-refractivity contribution in [3.8, 4) is 0 Å². The van der Waals surface area contributed by atoms with Crippen molar-refractivity contribution >= 4 is 45.3 Å². The monoisotopic (exact) mass is 409 g/mol. The second-order valence-electron chi connectivity index (χ2n) is 7.49. The van der Waals surface area contributed by atoms with Gasteiger partial charge in [0.1, 0.15) is 5.82 Å². The van der Waals surface area contributed by atoms with E-state index in [0.29, 0.717) is 11.5 Å². The van der Waals surface area contributed by atoms with E-state index in [1.807, 2.05) is 36.4 Å². The SMILES string of the molecule is CN(C)CCNc1nc(/C=C/c2ccc(N=[N+]=[N-])cc2)nc2cc3ccccc3cc12. The summed E-state index contributed by atoms with van der Waals surface area (Å²) >= 11 is 0. The van der Waals surface area contributed by atoms with E-state index in [1.165, 1.54) is 0 Å². The molecule has 0 atom stereocenters. The van der Waals surface area contributed by atoms with Crippen molar-refractivity contribution in [3.05, 3.63) is 82.5 Å². The van der Waals surface area contributed by atoms with Gasteiger partial charge in [0.2, 0.25) is 0 Å². The maximum atomic E-state index is 8.53. The maximum absolute atomic E-state index is 8.53. The lowest BCUT2D eigenvalue weighted by Crippen LogP contribution is -2.21. The van der Waals surface area contributed by atoms with Gasteiger partial charge >= 0.3 is 0 Å². The number of benzene rings is 3. The largest absolute Gasteiger partial charge is 0.368 e. The Hall–Kier alpha value is -3.93. The molecule has 31 heavy (non-hydrogen) atoms. The van der Waals surface area contributed by atoms with Gasteiger partial charge in [-0.25, -0.2) is 9.97 Å². The quantitative estimate of drug-likeness (QED) is 0.179. The van der Waals surface area contributed by atoms with Crippen LogP contribution in [0.25, 0.3) is 44.3 Å². The summed E-state index contributed by atoms with van der Waals surface area (Å²) in [6.45, 7) is 1.69. The van der Waals surface area contributed by atoms with Crippen molar-refractivity contribution in [2.75, 3.05) is 32.5 Å². The molecule has 0 aliphatic heterocycles. The molecule has 0 aliphatic carbocycles. The third kappa shape index (κ3) is 4.98. The number of anilines is 1. The van der Waals surface area contributed by atoms with Crippen LogP contribution >= 0.6 is 0 Å². The van der Waals surface area contributed by atoms with Crippen molar-refractivity contribution in [2.45, 2.75) is 0 Å². The molecule has 7 nitrogen and oxygen atoms in total. The fraction of sp³-hybridized carbons (Fsp3) is 0.167. The molecule has 0 saturated carbocycles. The van der Waals surface area contributed by atoms with Crippen LogP contribution in [-0.2, 0) is 0 Å². The van der Waals surface area contributed by atoms with Crippen LogP contribution in [0.5, 0.6) is 0 Å². The average Bonchev–Trinajstić information content (AvgIpc) is 2.77. The Bertz CT molecular complexity index is 1290. The Morgan fingerprint density at radius 3 is 2.45 bits per heavy atom. The van der Waals surface area contributed by atoms with Crippen molar-refractivity contribution in [3.63, 3.8) is 0 Å². The molecule has 0 fully saturated rings. The zero-order chi connectivity index (χ0) is 21.6. The Morgan fingerprint density at radius 2 is 1.74 bits per heavy atom. The molecule has 3 aromatic carbocycles. The molecule has 7 heteroatoms. The third-order valence-electron chi connectivity index (χ3n) is 4.91. The number of hydrogen-bond acceptors (Lipinski definition) is 5. The molecule has 154 valence electrons. The second-order valence-corrected chi connectivity index (χ2v) is 7.49. The molecule has 4 rings (SSSR count). The molecule has 4 aromatic rings. The number of nitrogens with zero attached hydrogens (tertiary/aromatic N) is 6. The molecule has 0 amide bonds. The normalized spacial score (nSPS) is 11.3. The molecule has 1 aromatic heterocycles. The van der Waals surface area contributed by atoms with Crippen LogP contribution in [0.4, 0.5) is 11.5 Å². The highest BCUT2D eigenvalue weighted by Crippen LogP contribution is 2.27. The van der Waals surface area contributed by atoms with Gasteiger partial charge in [-0.05, 0) is 54.2 Å². The van der Waals surface area contributed by atoms with Gasteiger partial charge in [-0.3, -0.25) is 0 Å². The minimum Gasteiger partial charge on any atom is -0.368 e. The highest BCUT2D eigenvalue weighted by atomic mass is 15.1. The molecule has 0 aliphatic rings. The summed E-state index contributed by atoms with van der Waals surface area (Å²) in [6.07, 6.45) is 3.85. The van der Waals surface area contributed by atoms with E-state index in [4.69, 9.17) is 15.5 Å². The highest BCUT2D eigenvalue weighted by Gasteiger charge is 2.08. The van der Waals surface area contributed by atoms with E-state index in [1.54, 1.807) is 12.1 Å². The summed E-state index contributed by atoms with van der Waals surface area (Å²) in [7, 11) is 4.10. The van der Waals surface area contributed by atoms with Gasteiger partial charge in [0.05, 0.1) is 5.52 Å². The minimum atomic E-state index is 0.584. The number of azide groups is 1. The van der Waals surface area contributed by atoms with E-state index < -0.39 is 0 Å². The molecule has 0 unspecified atom stereocenters. The molecule has 1 N–H and O–H groups in total. The Balaban J connectivity index is 1.71. The van der Waals surface area contributed by atoms with E-state index in [-0.39, 0.29) is 0 Å². The summed E-state index contributed by atoms with van der Waals surface area (Å²) < 4.78 is 0. The summed E-state index contributed by atoms with van der Waals surface area (Å²) in [5, 5.41) is 10.4. The lowest BCUT2D eigenvalue weighted by atomic mass is 10.1. The first-order valence-electron chi connectivity index (χ1n) is 10.0. The van der Waals surface area contributed by atoms with Crippen molar-refractivity contribution in [2.24, 2.45) is 5.11 Å². The Labute approximate surface area is 180 Å². The van der Waals surface area contributed by atoms with Gasteiger partial charge < -0.3 is 10.2 Å². The number of likely N-dealkylation sites (N-methyl/N-ethyl adjacent to an activating group) is 1. The van der Waals surface area contributed by atoms with Crippen LogP contribution in [0.1, 0.15) is 11.4 Å². The second kappa shape index (κ2) is 9.26. The first-order valence-corrected chi connectivity index (χ1v) is 10.0. The number of hydrogen-bond donors (Lipinski definition) is 1. The Morgan fingerprint density at radius 1 is 1.00 bits per heavy atom. The fourth-order valence-electron chi connectivity index (χ4n) is 3.32. The summed E-state index contributed by atoms with van der Waals surface area (Å²) in [5.41, 5.74) is 11.0. The van der Waals surface area contributed by atoms with Crippen LogP contribution in [0.3, 0.4) is 0 Å². The summed E-state index contributed by atoms with van der Waals surface area (Å²) in [4.78, 5) is 14.5. The van der Waals surface area contributed by atoms with Crippen LogP contribution in [-0.4, -0.2) is 42.1 Å². The standard InChI is InChI=1S/C24H23N7/c1-31(2)14-13-26-24-21-15-18-5-3-4-6-19(18)16-22(21)27-23(28-24)12-9-17-7-10-20(11-8-17)29-30-25/h3-12,15-16H,13-14H2,1-2H3,(H,26,27,28)/b12-9+. The first kappa shape index (κ1) is 20.3. The van der Waals surface area contributed by atoms with E-state index >= 15 is 0 Å². The topological polar surface area (TPSA) is 89.8 Å². The number of aromatic nitrogens is 2. The van der Waals surface area contributed by atoms with Crippen molar-refractivity contribution < 1.29 is 0 Å². The molecule has 0 bridgehead atoms. The highest BCUT2D eigenvalue weighted by molar-refractivity contribution is 6.01. The molecule has 0 radical (unpaired) electrons. The lowest BCUT2D eigenvalue weighted by Gasteiger charge is -2.13. The van der Waals surface area contributed by atoms with Crippen LogP contribution < -0.4 is 5.32 Å². The van der Waals surface area contributed by atoms with Crippen molar-refractivity contribution in [1.29, 1.82) is 0 Å². The molecule has 0 spiro atoms. The fourth-order valence-corrected chi connectivity index (χ4v) is 3.32. The van der Waals surface area contributed by atoms with E-state index in [0.717, 1.165) is 46.1 Å². The van der Waals surface area contributed by atoms with Gasteiger partial charge in [-0.1, -0.05) is 59.7 Å². The van der Waals surface area contributed by atoms with E-state index in [9.17, 15) is 0 Å². The van der Waals surface area contributed by atoms with Gasteiger partial charge in [0.25, 0.3) is 0 Å². The zero-order valence-corrected chi connectivity index (χ0v) is 17.5. The number of rotatable bonds is 7. The average molecular weight is 409 g/mol. The predicted molar refractivity (Wildman–Crippen MR) is 128 cm³/mol.